The summed E-state index contributed by atoms with van der Waals surface area (Å²) in [5, 5.41) is 6.23. The second-order valence-electron chi connectivity index (χ2n) is 5.35. The number of nitrogens with one attached hydrogen (secondary N) is 1. The van der Waals surface area contributed by atoms with E-state index in [9.17, 15) is 0 Å². The summed E-state index contributed by atoms with van der Waals surface area (Å²) in [6.07, 6.45) is 2.12. The first-order chi connectivity index (χ1) is 12.2. The molecule has 1 heterocycles. The minimum atomic E-state index is 0.174. The molecule has 5 nitrogen and oxygen atoms in total. The average Bonchev–Trinajstić information content (AvgIpc) is 2.61. The number of methoxy groups -OCH3 is 1. The van der Waals surface area contributed by atoms with Gasteiger partial charge < -0.3 is 14.8 Å². The van der Waals surface area contributed by atoms with E-state index >= 15 is 0 Å². The Morgan fingerprint density at radius 2 is 1.88 bits per heavy atom. The van der Waals surface area contributed by atoms with Gasteiger partial charge in [-0.15, -0.1) is 0 Å². The zero-order valence-electron chi connectivity index (χ0n) is 13.6. The van der Waals surface area contributed by atoms with E-state index < -0.39 is 0 Å². The van der Waals surface area contributed by atoms with E-state index in [1.807, 2.05) is 30.3 Å². The highest BCUT2D eigenvalue weighted by Crippen LogP contribution is 2.35. The molecule has 0 aliphatic rings. The lowest BCUT2D eigenvalue weighted by molar-refractivity contribution is 0.0516. The molecular formula is C18H17Cl2N3O2. The summed E-state index contributed by atoms with van der Waals surface area (Å²) in [5.74, 6) is 1.45. The minimum absolute atomic E-state index is 0.174. The van der Waals surface area contributed by atoms with Gasteiger partial charge >= 0.3 is 0 Å². The first kappa shape index (κ1) is 17.7. The smallest absolute Gasteiger partial charge is 0.188 e. The van der Waals surface area contributed by atoms with Gasteiger partial charge in [0.05, 0.1) is 0 Å². The van der Waals surface area contributed by atoms with Gasteiger partial charge in [-0.25, -0.2) is 9.97 Å². The first-order valence-corrected chi connectivity index (χ1v) is 8.48. The summed E-state index contributed by atoms with van der Waals surface area (Å²) < 4.78 is 10.9. The molecule has 0 spiro atoms. The fourth-order valence-corrected chi connectivity index (χ4v) is 3.03. The Bertz CT molecular complexity index is 874. The van der Waals surface area contributed by atoms with Gasteiger partial charge in [0.25, 0.3) is 0 Å². The molecule has 0 aliphatic heterocycles. The van der Waals surface area contributed by atoms with Crippen LogP contribution in [0.2, 0.25) is 10.2 Å². The topological polar surface area (TPSA) is 56.3 Å². The lowest BCUT2D eigenvalue weighted by Gasteiger charge is -2.15. The van der Waals surface area contributed by atoms with Gasteiger partial charge in [0.1, 0.15) is 23.0 Å². The van der Waals surface area contributed by atoms with Crippen LogP contribution in [0.15, 0.2) is 42.7 Å². The van der Waals surface area contributed by atoms with Crippen molar-refractivity contribution in [3.05, 3.63) is 58.5 Å². The monoisotopic (exact) mass is 377 g/mol. The summed E-state index contributed by atoms with van der Waals surface area (Å²) in [7, 11) is 1.60. The molecule has 7 heteroatoms. The van der Waals surface area contributed by atoms with Crippen molar-refractivity contribution in [1.82, 2.24) is 9.97 Å². The van der Waals surface area contributed by atoms with Crippen molar-refractivity contribution in [2.24, 2.45) is 0 Å². The van der Waals surface area contributed by atoms with E-state index in [0.717, 1.165) is 22.1 Å². The number of hydrogen-bond donors (Lipinski definition) is 1. The second kappa shape index (κ2) is 8.34. The third kappa shape index (κ3) is 4.31. The zero-order chi connectivity index (χ0) is 17.6. The van der Waals surface area contributed by atoms with Gasteiger partial charge in [-0.2, -0.15) is 0 Å². The first-order valence-electron chi connectivity index (χ1n) is 7.72. The molecule has 0 unspecified atom stereocenters. The van der Waals surface area contributed by atoms with Crippen LogP contribution >= 0.6 is 23.2 Å². The van der Waals surface area contributed by atoms with Crippen molar-refractivity contribution in [3.8, 4) is 5.75 Å². The summed E-state index contributed by atoms with van der Waals surface area (Å²) in [6, 6.07) is 11.5. The number of benzene rings is 2. The predicted octanol–water partition coefficient (Wildman–Crippen LogP) is 4.57. The third-order valence-electron chi connectivity index (χ3n) is 3.68. The molecule has 2 aromatic carbocycles. The van der Waals surface area contributed by atoms with E-state index in [1.54, 1.807) is 13.2 Å². The number of ether oxygens (including phenoxy) is 2. The van der Waals surface area contributed by atoms with Gasteiger partial charge in [-0.3, -0.25) is 0 Å². The van der Waals surface area contributed by atoms with Crippen molar-refractivity contribution in [2.75, 3.05) is 25.8 Å². The number of nitrogens with zero attached hydrogens (tertiary/aromatic N) is 2. The Morgan fingerprint density at radius 3 is 2.64 bits per heavy atom. The molecule has 0 fully saturated rings. The van der Waals surface area contributed by atoms with Gasteiger partial charge in [-0.05, 0) is 18.1 Å². The molecule has 0 bridgehead atoms. The summed E-state index contributed by atoms with van der Waals surface area (Å²) in [5.41, 5.74) is 0.994. The molecule has 0 aliphatic carbocycles. The summed E-state index contributed by atoms with van der Waals surface area (Å²) in [6.45, 7) is 0.818. The van der Waals surface area contributed by atoms with E-state index in [0.29, 0.717) is 29.0 Å². The number of halogens is 2. The molecule has 130 valence electrons. The fraction of sp³-hybridized carbons (Fsp3) is 0.222. The molecule has 0 atom stereocenters. The molecule has 25 heavy (non-hydrogen) atoms. The van der Waals surface area contributed by atoms with Crippen LogP contribution in [0.5, 0.6) is 5.75 Å². The quantitative estimate of drug-likeness (QED) is 0.482. The highest BCUT2D eigenvalue weighted by molar-refractivity contribution is 6.36. The number of rotatable bonds is 7. The molecule has 3 rings (SSSR count). The van der Waals surface area contributed by atoms with Crippen LogP contribution in [0.1, 0.15) is 5.56 Å². The predicted molar refractivity (Wildman–Crippen MR) is 101 cm³/mol. The lowest BCUT2D eigenvalue weighted by Crippen LogP contribution is -2.09. The molecule has 0 radical (unpaired) electrons. The van der Waals surface area contributed by atoms with Crippen LogP contribution in [-0.2, 0) is 11.2 Å². The van der Waals surface area contributed by atoms with Gasteiger partial charge in [0.2, 0.25) is 0 Å². The maximum absolute atomic E-state index is 6.44. The molecule has 0 saturated heterocycles. The fourth-order valence-electron chi connectivity index (χ4n) is 2.59. The van der Waals surface area contributed by atoms with Crippen molar-refractivity contribution >= 4 is 39.8 Å². The number of fused-ring (bicyclic) bond motifs is 1. The number of hydrogen-bond acceptors (Lipinski definition) is 5. The van der Waals surface area contributed by atoms with Crippen molar-refractivity contribution < 1.29 is 9.47 Å². The number of aromatic nitrogens is 2. The van der Waals surface area contributed by atoms with Crippen LogP contribution < -0.4 is 10.1 Å². The van der Waals surface area contributed by atoms with Gasteiger partial charge in [0, 0.05) is 35.5 Å². The van der Waals surface area contributed by atoms with Gasteiger partial charge in [0.15, 0.2) is 6.79 Å². The summed E-state index contributed by atoms with van der Waals surface area (Å²) in [4.78, 5) is 7.99. The lowest BCUT2D eigenvalue weighted by atomic mass is 10.0. The maximum atomic E-state index is 6.44. The zero-order valence-corrected chi connectivity index (χ0v) is 15.1. The molecule has 0 saturated carbocycles. The van der Waals surface area contributed by atoms with Crippen LogP contribution in [0, 0.1) is 0 Å². The molecule has 0 amide bonds. The SMILES string of the molecule is COCOc1c(CCNc2cc(Cl)ncn2)cc(Cl)c2ccccc12. The Kier molecular flexibility index (Phi) is 5.91. The third-order valence-corrected chi connectivity index (χ3v) is 4.20. The Balaban J connectivity index is 1.84. The van der Waals surface area contributed by atoms with E-state index in [-0.39, 0.29) is 6.79 Å². The van der Waals surface area contributed by atoms with E-state index in [1.165, 1.54) is 6.33 Å². The number of anilines is 1. The molecule has 1 aromatic heterocycles. The average molecular weight is 378 g/mol. The van der Waals surface area contributed by atoms with Gasteiger partial charge in [-0.1, -0.05) is 47.5 Å². The van der Waals surface area contributed by atoms with E-state index in [4.69, 9.17) is 32.7 Å². The van der Waals surface area contributed by atoms with Crippen molar-refractivity contribution in [2.45, 2.75) is 6.42 Å². The van der Waals surface area contributed by atoms with Crippen LogP contribution in [0.4, 0.5) is 5.82 Å². The van der Waals surface area contributed by atoms with Crippen LogP contribution in [0.3, 0.4) is 0 Å². The summed E-state index contributed by atoms with van der Waals surface area (Å²) >= 11 is 12.3. The largest absolute Gasteiger partial charge is 0.467 e. The highest BCUT2D eigenvalue weighted by atomic mass is 35.5. The second-order valence-corrected chi connectivity index (χ2v) is 6.14. The highest BCUT2D eigenvalue weighted by Gasteiger charge is 2.12. The van der Waals surface area contributed by atoms with Crippen molar-refractivity contribution in [1.29, 1.82) is 0 Å². The minimum Gasteiger partial charge on any atom is -0.467 e. The molecule has 1 N–H and O–H groups in total. The maximum Gasteiger partial charge on any atom is 0.188 e. The Labute approximate surface area is 155 Å². The molecule has 3 aromatic rings. The van der Waals surface area contributed by atoms with Crippen molar-refractivity contribution in [3.63, 3.8) is 0 Å². The Hall–Kier alpha value is -2.08. The van der Waals surface area contributed by atoms with E-state index in [2.05, 4.69) is 15.3 Å². The van der Waals surface area contributed by atoms with Crippen LogP contribution in [-0.4, -0.2) is 30.4 Å². The Morgan fingerprint density at radius 1 is 1.08 bits per heavy atom. The van der Waals surface area contributed by atoms with Crippen LogP contribution in [0.25, 0.3) is 10.8 Å². The standard InChI is InChI=1S/C18H17Cl2N3O2/c1-24-11-25-18-12(6-7-21-17-9-16(20)22-10-23-17)8-15(19)13-4-2-3-5-14(13)18/h2-5,8-10H,6-7,11H2,1H3,(H,21,22,23). The molecular weight excluding hydrogens is 361 g/mol. The normalized spacial score (nSPS) is 10.8.